The lowest BCUT2D eigenvalue weighted by Gasteiger charge is -2.29. The molecule has 0 spiro atoms. The minimum Gasteiger partial charge on any atom is -0.483 e. The van der Waals surface area contributed by atoms with E-state index < -0.39 is 0 Å². The number of likely N-dealkylation sites (N-methyl/N-ethyl adjacent to an activating group) is 1. The van der Waals surface area contributed by atoms with Crippen molar-refractivity contribution in [2.45, 2.75) is 53.5 Å². The van der Waals surface area contributed by atoms with E-state index in [1.165, 1.54) is 11.1 Å². The predicted octanol–water partition coefficient (Wildman–Crippen LogP) is 4.49. The van der Waals surface area contributed by atoms with Gasteiger partial charge in [-0.15, -0.1) is 0 Å². The monoisotopic (exact) mass is 290 g/mol. The van der Waals surface area contributed by atoms with Crippen LogP contribution in [0.2, 0.25) is 0 Å². The second kappa shape index (κ2) is 8.83. The molecule has 0 radical (unpaired) electrons. The summed E-state index contributed by atoms with van der Waals surface area (Å²) in [5, 5.41) is 0. The minimum atomic E-state index is 0.249. The van der Waals surface area contributed by atoms with Crippen molar-refractivity contribution in [3.63, 3.8) is 0 Å². The number of hydrogen-bond acceptors (Lipinski definition) is 3. The number of aliphatic imine (C=N–C) groups is 1. The van der Waals surface area contributed by atoms with Crippen molar-refractivity contribution in [2.75, 3.05) is 20.2 Å². The van der Waals surface area contributed by atoms with Crippen LogP contribution in [0.1, 0.15) is 44.7 Å². The van der Waals surface area contributed by atoms with Gasteiger partial charge in [0, 0.05) is 0 Å². The van der Waals surface area contributed by atoms with Gasteiger partial charge in [-0.05, 0) is 50.9 Å². The molecular formula is C18H30N2O. The zero-order valence-corrected chi connectivity index (χ0v) is 14.4. The Bertz CT molecular complexity index is 448. The van der Waals surface area contributed by atoms with E-state index >= 15 is 0 Å². The number of ether oxygens (including phenoxy) is 1. The third kappa shape index (κ3) is 4.57. The summed E-state index contributed by atoms with van der Waals surface area (Å²) in [5.41, 5.74) is 3.43. The maximum atomic E-state index is 5.65. The van der Waals surface area contributed by atoms with E-state index in [4.69, 9.17) is 9.73 Å². The standard InChI is InChI=1S/C18H30N2O/c1-7-13-20(9-3)16(8-2)18(21-6)19-17-14(4)11-10-12-15(17)5/h10-12,16H,7-9,13H2,1-6H3/b19-18-. The van der Waals surface area contributed by atoms with Crippen molar-refractivity contribution in [2.24, 2.45) is 4.99 Å². The molecule has 1 aromatic carbocycles. The van der Waals surface area contributed by atoms with Crippen molar-refractivity contribution in [3.8, 4) is 0 Å². The van der Waals surface area contributed by atoms with Gasteiger partial charge < -0.3 is 4.74 Å². The molecule has 0 saturated carbocycles. The number of hydrogen-bond donors (Lipinski definition) is 0. The molecule has 21 heavy (non-hydrogen) atoms. The van der Waals surface area contributed by atoms with Crippen molar-refractivity contribution in [1.29, 1.82) is 0 Å². The first-order valence-corrected chi connectivity index (χ1v) is 8.01. The summed E-state index contributed by atoms with van der Waals surface area (Å²) in [6.07, 6.45) is 2.15. The fraction of sp³-hybridized carbons (Fsp3) is 0.611. The quantitative estimate of drug-likeness (QED) is 0.546. The average molecular weight is 290 g/mol. The van der Waals surface area contributed by atoms with Crippen LogP contribution in [0.25, 0.3) is 0 Å². The summed E-state index contributed by atoms with van der Waals surface area (Å²) in [5.74, 6) is 0.824. The summed E-state index contributed by atoms with van der Waals surface area (Å²) in [6.45, 7) is 12.9. The number of rotatable bonds is 7. The number of aryl methyl sites for hydroxylation is 2. The smallest absolute Gasteiger partial charge is 0.206 e. The number of nitrogens with zero attached hydrogens (tertiary/aromatic N) is 2. The van der Waals surface area contributed by atoms with E-state index in [0.717, 1.165) is 37.5 Å². The molecule has 0 aliphatic carbocycles. The number of para-hydroxylation sites is 1. The Labute approximate surface area is 130 Å². The molecule has 0 heterocycles. The third-order valence-corrected chi connectivity index (χ3v) is 3.90. The van der Waals surface area contributed by atoms with E-state index in [0.29, 0.717) is 0 Å². The van der Waals surface area contributed by atoms with E-state index in [-0.39, 0.29) is 6.04 Å². The Kier molecular flexibility index (Phi) is 7.44. The van der Waals surface area contributed by atoms with Crippen molar-refractivity contribution in [1.82, 2.24) is 4.90 Å². The topological polar surface area (TPSA) is 24.8 Å². The van der Waals surface area contributed by atoms with Crippen LogP contribution in [-0.4, -0.2) is 37.0 Å². The Morgan fingerprint density at radius 2 is 1.81 bits per heavy atom. The van der Waals surface area contributed by atoms with E-state index in [1.54, 1.807) is 7.11 Å². The van der Waals surface area contributed by atoms with Gasteiger partial charge in [0.2, 0.25) is 5.90 Å². The SMILES string of the molecule is CCCN(CC)C(CC)/C(=N/c1c(C)cccc1C)OC. The molecular weight excluding hydrogens is 260 g/mol. The van der Waals surface area contributed by atoms with Crippen LogP contribution < -0.4 is 0 Å². The minimum absolute atomic E-state index is 0.249. The molecule has 1 aromatic rings. The van der Waals surface area contributed by atoms with Gasteiger partial charge in [-0.1, -0.05) is 39.0 Å². The molecule has 0 fully saturated rings. The lowest BCUT2D eigenvalue weighted by atomic mass is 10.1. The van der Waals surface area contributed by atoms with Crippen LogP contribution in [0.3, 0.4) is 0 Å². The van der Waals surface area contributed by atoms with Gasteiger partial charge >= 0.3 is 0 Å². The highest BCUT2D eigenvalue weighted by atomic mass is 16.5. The van der Waals surface area contributed by atoms with Crippen LogP contribution >= 0.6 is 0 Å². The van der Waals surface area contributed by atoms with Crippen LogP contribution in [0.4, 0.5) is 5.69 Å². The third-order valence-electron chi connectivity index (χ3n) is 3.90. The van der Waals surface area contributed by atoms with E-state index in [1.807, 2.05) is 0 Å². The van der Waals surface area contributed by atoms with Gasteiger partial charge in [-0.2, -0.15) is 0 Å². The molecule has 0 saturated heterocycles. The molecule has 0 amide bonds. The Balaban J connectivity index is 3.17. The van der Waals surface area contributed by atoms with E-state index in [9.17, 15) is 0 Å². The van der Waals surface area contributed by atoms with Gasteiger partial charge in [0.25, 0.3) is 0 Å². The van der Waals surface area contributed by atoms with Gasteiger partial charge in [-0.25, -0.2) is 4.99 Å². The number of benzene rings is 1. The largest absolute Gasteiger partial charge is 0.483 e. The predicted molar refractivity (Wildman–Crippen MR) is 91.6 cm³/mol. The first-order valence-electron chi connectivity index (χ1n) is 8.01. The summed E-state index contributed by atoms with van der Waals surface area (Å²) < 4.78 is 5.65. The van der Waals surface area contributed by atoms with Crippen LogP contribution in [-0.2, 0) is 4.74 Å². The molecule has 1 atom stereocenters. The van der Waals surface area contributed by atoms with Gasteiger partial charge in [0.15, 0.2) is 0 Å². The summed E-state index contributed by atoms with van der Waals surface area (Å²) in [4.78, 5) is 7.29. The molecule has 0 aliphatic rings. The molecule has 0 aromatic heterocycles. The van der Waals surface area contributed by atoms with Crippen LogP contribution in [0, 0.1) is 13.8 Å². The lowest BCUT2D eigenvalue weighted by molar-refractivity contribution is 0.219. The molecule has 0 aliphatic heterocycles. The fourth-order valence-electron chi connectivity index (χ4n) is 2.76. The normalized spacial score (nSPS) is 13.6. The maximum Gasteiger partial charge on any atom is 0.206 e. The first-order chi connectivity index (χ1) is 10.1. The van der Waals surface area contributed by atoms with Gasteiger partial charge in [0.1, 0.15) is 0 Å². The van der Waals surface area contributed by atoms with Gasteiger partial charge in [0.05, 0.1) is 18.8 Å². The second-order valence-electron chi connectivity index (χ2n) is 5.45. The number of methoxy groups -OCH3 is 1. The highest BCUT2D eigenvalue weighted by Gasteiger charge is 2.22. The molecule has 3 nitrogen and oxygen atoms in total. The van der Waals surface area contributed by atoms with Crippen molar-refractivity contribution in [3.05, 3.63) is 29.3 Å². The Hall–Kier alpha value is -1.35. The van der Waals surface area contributed by atoms with Gasteiger partial charge in [-0.3, -0.25) is 4.90 Å². The van der Waals surface area contributed by atoms with Crippen LogP contribution in [0.5, 0.6) is 0 Å². The lowest BCUT2D eigenvalue weighted by Crippen LogP contribution is -2.41. The van der Waals surface area contributed by atoms with Crippen molar-refractivity contribution >= 4 is 11.6 Å². The second-order valence-corrected chi connectivity index (χ2v) is 5.45. The molecule has 0 bridgehead atoms. The highest BCUT2D eigenvalue weighted by Crippen LogP contribution is 2.24. The average Bonchev–Trinajstić information content (AvgIpc) is 2.48. The first kappa shape index (κ1) is 17.7. The Morgan fingerprint density at radius 1 is 1.19 bits per heavy atom. The summed E-state index contributed by atoms with van der Waals surface area (Å²) in [6, 6.07) is 6.52. The molecule has 3 heteroatoms. The summed E-state index contributed by atoms with van der Waals surface area (Å²) >= 11 is 0. The van der Waals surface area contributed by atoms with E-state index in [2.05, 4.69) is 57.7 Å². The molecule has 118 valence electrons. The molecule has 0 N–H and O–H groups in total. The zero-order chi connectivity index (χ0) is 15.8. The fourth-order valence-corrected chi connectivity index (χ4v) is 2.76. The Morgan fingerprint density at radius 3 is 2.24 bits per heavy atom. The molecule has 1 unspecified atom stereocenters. The summed E-state index contributed by atoms with van der Waals surface area (Å²) in [7, 11) is 1.73. The molecule has 1 rings (SSSR count). The highest BCUT2D eigenvalue weighted by molar-refractivity contribution is 5.85. The maximum absolute atomic E-state index is 5.65. The zero-order valence-electron chi connectivity index (χ0n) is 14.4. The van der Waals surface area contributed by atoms with Crippen molar-refractivity contribution < 1.29 is 4.74 Å². The van der Waals surface area contributed by atoms with Crippen LogP contribution in [0.15, 0.2) is 23.2 Å².